The predicted molar refractivity (Wildman–Crippen MR) is 66.7 cm³/mol. The van der Waals surface area contributed by atoms with E-state index in [1.165, 1.54) is 5.56 Å². The summed E-state index contributed by atoms with van der Waals surface area (Å²) in [6.07, 6.45) is 2.25. The van der Waals surface area contributed by atoms with Crippen LogP contribution in [0.4, 0.5) is 0 Å². The third-order valence-electron chi connectivity index (χ3n) is 1.58. The van der Waals surface area contributed by atoms with Gasteiger partial charge < -0.3 is 5.11 Å². The van der Waals surface area contributed by atoms with Crippen molar-refractivity contribution in [2.75, 3.05) is 11.6 Å². The van der Waals surface area contributed by atoms with Crippen LogP contribution in [0.1, 0.15) is 18.4 Å². The number of phenols is 1. The SMILES string of the molecule is Cc1ccc(O)cc1.SCCCCCl. The molecule has 0 heterocycles. The van der Waals surface area contributed by atoms with Crippen LogP contribution in [0.5, 0.6) is 5.75 Å². The molecule has 0 aliphatic heterocycles. The van der Waals surface area contributed by atoms with Crippen LogP contribution in [-0.2, 0) is 0 Å². The number of phenolic OH excluding ortho intramolecular Hbond substituents is 1. The van der Waals surface area contributed by atoms with Gasteiger partial charge in [-0.2, -0.15) is 12.6 Å². The summed E-state index contributed by atoms with van der Waals surface area (Å²) in [5.41, 5.74) is 1.17. The highest BCUT2D eigenvalue weighted by atomic mass is 35.5. The molecule has 0 amide bonds. The molecule has 14 heavy (non-hydrogen) atoms. The summed E-state index contributed by atoms with van der Waals surface area (Å²) in [7, 11) is 0. The molecule has 1 nitrogen and oxygen atoms in total. The summed E-state index contributed by atoms with van der Waals surface area (Å²) >= 11 is 9.34. The van der Waals surface area contributed by atoms with Gasteiger partial charge in [-0.05, 0) is 37.7 Å². The molecule has 0 unspecified atom stereocenters. The Kier molecular flexibility index (Phi) is 9.00. The van der Waals surface area contributed by atoms with E-state index >= 15 is 0 Å². The minimum absolute atomic E-state index is 0.329. The van der Waals surface area contributed by atoms with Crippen molar-refractivity contribution in [1.82, 2.24) is 0 Å². The fraction of sp³-hybridized carbons (Fsp3) is 0.455. The van der Waals surface area contributed by atoms with Gasteiger partial charge in [0.15, 0.2) is 0 Å². The Morgan fingerprint density at radius 3 is 2.07 bits per heavy atom. The zero-order chi connectivity index (χ0) is 10.8. The standard InChI is InChI=1S/C7H8O.C4H9ClS/c1-6-2-4-7(8)5-3-6;5-3-1-2-4-6/h2-5,8H,1H3;6H,1-4H2. The lowest BCUT2D eigenvalue weighted by molar-refractivity contribution is 0.475. The quantitative estimate of drug-likeness (QED) is 0.463. The molecule has 0 fully saturated rings. The number of hydrogen-bond donors (Lipinski definition) is 2. The highest BCUT2D eigenvalue weighted by Crippen LogP contribution is 2.07. The first kappa shape index (κ1) is 13.7. The maximum atomic E-state index is 8.76. The molecule has 0 bridgehead atoms. The van der Waals surface area contributed by atoms with E-state index in [-0.39, 0.29) is 0 Å². The molecule has 0 saturated carbocycles. The van der Waals surface area contributed by atoms with Gasteiger partial charge >= 0.3 is 0 Å². The average molecular weight is 233 g/mol. The van der Waals surface area contributed by atoms with Crippen LogP contribution >= 0.6 is 24.2 Å². The Hall–Kier alpha value is -0.340. The molecule has 0 aromatic heterocycles. The predicted octanol–water partition coefficient (Wildman–Crippen LogP) is 3.64. The van der Waals surface area contributed by atoms with Crippen LogP contribution in [0.3, 0.4) is 0 Å². The van der Waals surface area contributed by atoms with Crippen LogP contribution in [0.2, 0.25) is 0 Å². The summed E-state index contributed by atoms with van der Waals surface area (Å²) in [6, 6.07) is 7.09. The van der Waals surface area contributed by atoms with Crippen molar-refractivity contribution in [3.05, 3.63) is 29.8 Å². The molecule has 0 aliphatic carbocycles. The Balaban J connectivity index is 0.000000255. The third-order valence-corrected chi connectivity index (χ3v) is 2.16. The summed E-state index contributed by atoms with van der Waals surface area (Å²) in [5.74, 6) is 2.07. The van der Waals surface area contributed by atoms with Crippen LogP contribution in [0.15, 0.2) is 24.3 Å². The van der Waals surface area contributed by atoms with Gasteiger partial charge in [0.05, 0.1) is 0 Å². The van der Waals surface area contributed by atoms with Crippen molar-refractivity contribution < 1.29 is 5.11 Å². The summed E-state index contributed by atoms with van der Waals surface area (Å²) in [4.78, 5) is 0. The average Bonchev–Trinajstić information content (AvgIpc) is 2.20. The fourth-order valence-corrected chi connectivity index (χ4v) is 1.16. The molecular weight excluding hydrogens is 216 g/mol. The molecule has 0 spiro atoms. The van der Waals surface area contributed by atoms with Crippen molar-refractivity contribution >= 4 is 24.2 Å². The van der Waals surface area contributed by atoms with E-state index in [2.05, 4.69) is 12.6 Å². The Bertz CT molecular complexity index is 198. The number of thiol groups is 1. The van der Waals surface area contributed by atoms with Crippen LogP contribution in [0.25, 0.3) is 0 Å². The second kappa shape index (κ2) is 9.22. The second-order valence-electron chi connectivity index (χ2n) is 2.96. The number of hydrogen-bond acceptors (Lipinski definition) is 2. The van der Waals surface area contributed by atoms with E-state index < -0.39 is 0 Å². The van der Waals surface area contributed by atoms with E-state index in [0.29, 0.717) is 5.75 Å². The second-order valence-corrected chi connectivity index (χ2v) is 3.78. The molecule has 1 aromatic carbocycles. The first-order chi connectivity index (χ1) is 6.70. The van der Waals surface area contributed by atoms with Crippen molar-refractivity contribution in [3.8, 4) is 5.75 Å². The first-order valence-electron chi connectivity index (χ1n) is 4.63. The van der Waals surface area contributed by atoms with E-state index in [1.807, 2.05) is 19.1 Å². The zero-order valence-corrected chi connectivity index (χ0v) is 10.1. The Labute approximate surface area is 96.5 Å². The first-order valence-corrected chi connectivity index (χ1v) is 5.80. The van der Waals surface area contributed by atoms with E-state index in [4.69, 9.17) is 16.7 Å². The number of halogens is 1. The van der Waals surface area contributed by atoms with Crippen LogP contribution in [0, 0.1) is 6.92 Å². The molecule has 0 aliphatic rings. The normalized spacial score (nSPS) is 9.07. The number of unbranched alkanes of at least 4 members (excludes halogenated alkanes) is 1. The monoisotopic (exact) mass is 232 g/mol. The van der Waals surface area contributed by atoms with Gasteiger partial charge in [-0.1, -0.05) is 17.7 Å². The van der Waals surface area contributed by atoms with Gasteiger partial charge in [-0.3, -0.25) is 0 Å². The highest BCUT2D eigenvalue weighted by molar-refractivity contribution is 7.80. The largest absolute Gasteiger partial charge is 0.508 e. The zero-order valence-electron chi connectivity index (χ0n) is 8.41. The van der Waals surface area contributed by atoms with Crippen molar-refractivity contribution in [2.45, 2.75) is 19.8 Å². The molecule has 1 aromatic rings. The summed E-state index contributed by atoms with van der Waals surface area (Å²) < 4.78 is 0. The van der Waals surface area contributed by atoms with E-state index in [1.54, 1.807) is 12.1 Å². The van der Waals surface area contributed by atoms with Gasteiger partial charge in [0.2, 0.25) is 0 Å². The van der Waals surface area contributed by atoms with E-state index in [0.717, 1.165) is 24.5 Å². The minimum Gasteiger partial charge on any atom is -0.508 e. The molecule has 0 saturated heterocycles. The van der Waals surface area contributed by atoms with Gasteiger partial charge in [0.25, 0.3) is 0 Å². The van der Waals surface area contributed by atoms with Crippen molar-refractivity contribution in [2.24, 2.45) is 0 Å². The molecule has 0 atom stereocenters. The molecular formula is C11H17ClOS. The van der Waals surface area contributed by atoms with Gasteiger partial charge in [-0.15, -0.1) is 11.6 Å². The number of aryl methyl sites for hydroxylation is 1. The Morgan fingerprint density at radius 1 is 1.21 bits per heavy atom. The lowest BCUT2D eigenvalue weighted by atomic mass is 10.2. The van der Waals surface area contributed by atoms with Gasteiger partial charge in [0.1, 0.15) is 5.75 Å². The van der Waals surface area contributed by atoms with Crippen molar-refractivity contribution in [3.63, 3.8) is 0 Å². The lowest BCUT2D eigenvalue weighted by Crippen LogP contribution is -1.74. The number of aromatic hydroxyl groups is 1. The fourth-order valence-electron chi connectivity index (χ4n) is 0.751. The number of rotatable bonds is 3. The van der Waals surface area contributed by atoms with Gasteiger partial charge in [-0.25, -0.2) is 0 Å². The smallest absolute Gasteiger partial charge is 0.115 e. The number of benzene rings is 1. The molecule has 0 radical (unpaired) electrons. The summed E-state index contributed by atoms with van der Waals surface area (Å²) in [5, 5.41) is 8.76. The third kappa shape index (κ3) is 8.27. The Morgan fingerprint density at radius 2 is 1.79 bits per heavy atom. The molecule has 80 valence electrons. The summed E-state index contributed by atoms with van der Waals surface area (Å²) in [6.45, 7) is 1.99. The molecule has 1 N–H and O–H groups in total. The van der Waals surface area contributed by atoms with Gasteiger partial charge in [0, 0.05) is 5.88 Å². The van der Waals surface area contributed by atoms with Crippen molar-refractivity contribution in [1.29, 1.82) is 0 Å². The van der Waals surface area contributed by atoms with E-state index in [9.17, 15) is 0 Å². The highest BCUT2D eigenvalue weighted by Gasteiger charge is 1.82. The number of alkyl halides is 1. The maximum Gasteiger partial charge on any atom is 0.115 e. The molecule has 3 heteroatoms. The van der Waals surface area contributed by atoms with Crippen LogP contribution < -0.4 is 0 Å². The maximum absolute atomic E-state index is 8.76. The lowest BCUT2D eigenvalue weighted by Gasteiger charge is -1.89. The minimum atomic E-state index is 0.329. The topological polar surface area (TPSA) is 20.2 Å². The molecule has 1 rings (SSSR count). The van der Waals surface area contributed by atoms with Crippen LogP contribution in [-0.4, -0.2) is 16.7 Å².